The van der Waals surface area contributed by atoms with Crippen molar-refractivity contribution in [2.24, 2.45) is 0 Å². The number of nitrogens with one attached hydrogen (secondary N) is 2. The fourth-order valence-electron chi connectivity index (χ4n) is 3.74. The van der Waals surface area contributed by atoms with Crippen molar-refractivity contribution in [2.75, 3.05) is 36.4 Å². The van der Waals surface area contributed by atoms with Gasteiger partial charge in [-0.25, -0.2) is 9.97 Å². The first-order valence-corrected chi connectivity index (χ1v) is 10.5. The van der Waals surface area contributed by atoms with Crippen molar-refractivity contribution in [3.8, 4) is 11.5 Å². The van der Waals surface area contributed by atoms with Gasteiger partial charge in [0.25, 0.3) is 5.91 Å². The lowest BCUT2D eigenvalue weighted by molar-refractivity contribution is 0.102. The molecule has 1 aliphatic rings. The molecule has 1 aromatic carbocycles. The summed E-state index contributed by atoms with van der Waals surface area (Å²) in [6.07, 6.45) is 3.04. The van der Waals surface area contributed by atoms with Gasteiger partial charge in [0.1, 0.15) is 23.7 Å². The van der Waals surface area contributed by atoms with Crippen LogP contribution in [0.25, 0.3) is 11.5 Å². The molecule has 0 atom stereocenters. The van der Waals surface area contributed by atoms with Crippen LogP contribution in [0.5, 0.6) is 0 Å². The molecule has 1 fully saturated rings. The number of aromatic nitrogens is 4. The molecule has 0 unspecified atom stereocenters. The number of carbonyl (C=O) groups excluding carboxylic acids is 1. The van der Waals surface area contributed by atoms with Gasteiger partial charge in [-0.3, -0.25) is 14.8 Å². The Morgan fingerprint density at radius 3 is 2.66 bits per heavy atom. The SMILES string of the molecule is O=C(Nc1cc(N2CCN(Cc3ccccc3)CC2)ncn1)c1cc(-c2ccco2)[nH]n1. The fourth-order valence-corrected chi connectivity index (χ4v) is 3.74. The predicted octanol–water partition coefficient (Wildman–Crippen LogP) is 3.03. The average molecular weight is 429 g/mol. The highest BCUT2D eigenvalue weighted by Crippen LogP contribution is 2.20. The molecular formula is C23H23N7O2. The molecule has 4 heterocycles. The summed E-state index contributed by atoms with van der Waals surface area (Å²) < 4.78 is 5.32. The maximum absolute atomic E-state index is 12.6. The molecule has 0 aliphatic carbocycles. The van der Waals surface area contributed by atoms with Crippen LogP contribution in [-0.4, -0.2) is 57.2 Å². The first-order chi connectivity index (χ1) is 15.7. The number of anilines is 2. The van der Waals surface area contributed by atoms with E-state index >= 15 is 0 Å². The molecular weight excluding hydrogens is 406 g/mol. The summed E-state index contributed by atoms with van der Waals surface area (Å²) in [6, 6.07) is 17.5. The second-order valence-corrected chi connectivity index (χ2v) is 7.61. The summed E-state index contributed by atoms with van der Waals surface area (Å²) in [4.78, 5) is 25.8. The second-order valence-electron chi connectivity index (χ2n) is 7.61. The number of furan rings is 1. The monoisotopic (exact) mass is 429 g/mol. The van der Waals surface area contributed by atoms with E-state index in [2.05, 4.69) is 59.5 Å². The number of hydrogen-bond acceptors (Lipinski definition) is 7. The highest BCUT2D eigenvalue weighted by molar-refractivity contribution is 6.03. The minimum atomic E-state index is -0.351. The van der Waals surface area contributed by atoms with Gasteiger partial charge >= 0.3 is 0 Å². The van der Waals surface area contributed by atoms with Crippen LogP contribution in [0.3, 0.4) is 0 Å². The Kier molecular flexibility index (Phi) is 5.63. The highest BCUT2D eigenvalue weighted by Gasteiger charge is 2.19. The molecule has 0 spiro atoms. The quantitative estimate of drug-likeness (QED) is 0.486. The Morgan fingerprint density at radius 2 is 1.88 bits per heavy atom. The molecule has 2 N–H and O–H groups in total. The maximum atomic E-state index is 12.6. The standard InChI is InChI=1S/C23H23N7O2/c31-23(19-13-18(27-28-19)20-7-4-12-32-20)26-21-14-22(25-16-24-21)30-10-8-29(9-11-30)15-17-5-2-1-3-6-17/h1-7,12-14,16H,8-11,15H2,(H,27,28)(H,24,25,26,31). The van der Waals surface area contributed by atoms with Gasteiger partial charge < -0.3 is 14.6 Å². The molecule has 5 rings (SSSR count). The first-order valence-electron chi connectivity index (χ1n) is 10.5. The van der Waals surface area contributed by atoms with Gasteiger partial charge in [0.15, 0.2) is 11.5 Å². The van der Waals surface area contributed by atoms with Gasteiger partial charge in [-0.2, -0.15) is 5.10 Å². The van der Waals surface area contributed by atoms with E-state index in [1.54, 1.807) is 30.5 Å². The van der Waals surface area contributed by atoms with E-state index < -0.39 is 0 Å². The minimum absolute atomic E-state index is 0.256. The van der Waals surface area contributed by atoms with Gasteiger partial charge in [-0.1, -0.05) is 30.3 Å². The Labute approximate surface area is 185 Å². The summed E-state index contributed by atoms with van der Waals surface area (Å²) >= 11 is 0. The molecule has 3 aromatic heterocycles. The molecule has 9 nitrogen and oxygen atoms in total. The van der Waals surface area contributed by atoms with Crippen LogP contribution >= 0.6 is 0 Å². The predicted molar refractivity (Wildman–Crippen MR) is 120 cm³/mol. The van der Waals surface area contributed by atoms with Crippen molar-refractivity contribution < 1.29 is 9.21 Å². The lowest BCUT2D eigenvalue weighted by atomic mass is 10.2. The van der Waals surface area contributed by atoms with Crippen molar-refractivity contribution in [3.05, 3.63) is 78.4 Å². The largest absolute Gasteiger partial charge is 0.463 e. The summed E-state index contributed by atoms with van der Waals surface area (Å²) in [7, 11) is 0. The van der Waals surface area contributed by atoms with Crippen molar-refractivity contribution >= 4 is 17.5 Å². The zero-order valence-corrected chi connectivity index (χ0v) is 17.4. The van der Waals surface area contributed by atoms with Crippen LogP contribution in [0.1, 0.15) is 16.1 Å². The second kappa shape index (κ2) is 9.03. The van der Waals surface area contributed by atoms with Crippen LogP contribution < -0.4 is 10.2 Å². The third-order valence-corrected chi connectivity index (χ3v) is 5.44. The summed E-state index contributed by atoms with van der Waals surface area (Å²) in [5.41, 5.74) is 2.21. The molecule has 0 bridgehead atoms. The zero-order chi connectivity index (χ0) is 21.8. The third kappa shape index (κ3) is 4.52. The van der Waals surface area contributed by atoms with E-state index in [1.165, 1.54) is 11.9 Å². The Balaban J connectivity index is 1.19. The minimum Gasteiger partial charge on any atom is -0.463 e. The smallest absolute Gasteiger partial charge is 0.277 e. The molecule has 1 saturated heterocycles. The third-order valence-electron chi connectivity index (χ3n) is 5.44. The van der Waals surface area contributed by atoms with Gasteiger partial charge in [-0.05, 0) is 17.7 Å². The maximum Gasteiger partial charge on any atom is 0.277 e. The summed E-state index contributed by atoms with van der Waals surface area (Å²) in [6.45, 7) is 4.57. The van der Waals surface area contributed by atoms with E-state index in [1.807, 2.05) is 6.07 Å². The molecule has 0 saturated carbocycles. The van der Waals surface area contributed by atoms with E-state index in [4.69, 9.17) is 4.42 Å². The topological polar surface area (TPSA) is 103 Å². The van der Waals surface area contributed by atoms with Gasteiger partial charge in [0.05, 0.1) is 6.26 Å². The van der Waals surface area contributed by atoms with Crippen molar-refractivity contribution in [1.29, 1.82) is 0 Å². The fraction of sp³-hybridized carbons (Fsp3) is 0.217. The molecule has 9 heteroatoms. The molecule has 1 amide bonds. The number of nitrogens with zero attached hydrogens (tertiary/aromatic N) is 5. The molecule has 4 aromatic rings. The van der Waals surface area contributed by atoms with Gasteiger partial charge in [0.2, 0.25) is 0 Å². The number of hydrogen-bond donors (Lipinski definition) is 2. The lowest BCUT2D eigenvalue weighted by Crippen LogP contribution is -2.46. The molecule has 0 radical (unpaired) electrons. The van der Waals surface area contributed by atoms with Crippen LogP contribution in [0.4, 0.5) is 11.6 Å². The van der Waals surface area contributed by atoms with Crippen LogP contribution in [0.2, 0.25) is 0 Å². The Bertz CT molecular complexity index is 1170. The number of carbonyl (C=O) groups is 1. The highest BCUT2D eigenvalue weighted by atomic mass is 16.3. The average Bonchev–Trinajstić information content (AvgIpc) is 3.53. The summed E-state index contributed by atoms with van der Waals surface area (Å²) in [5.74, 6) is 1.51. The zero-order valence-electron chi connectivity index (χ0n) is 17.4. The number of amides is 1. The van der Waals surface area contributed by atoms with Crippen molar-refractivity contribution in [1.82, 2.24) is 25.1 Å². The van der Waals surface area contributed by atoms with Gasteiger partial charge in [-0.15, -0.1) is 0 Å². The first kappa shape index (κ1) is 20.0. The van der Waals surface area contributed by atoms with E-state index in [0.29, 0.717) is 17.3 Å². The van der Waals surface area contributed by atoms with E-state index in [9.17, 15) is 4.79 Å². The van der Waals surface area contributed by atoms with E-state index in [0.717, 1.165) is 38.5 Å². The molecule has 162 valence electrons. The van der Waals surface area contributed by atoms with Crippen LogP contribution in [0, 0.1) is 0 Å². The lowest BCUT2D eigenvalue weighted by Gasteiger charge is -2.35. The Morgan fingerprint density at radius 1 is 1.03 bits per heavy atom. The number of benzene rings is 1. The number of aromatic amines is 1. The van der Waals surface area contributed by atoms with E-state index in [-0.39, 0.29) is 11.6 Å². The number of H-pyrrole nitrogens is 1. The van der Waals surface area contributed by atoms with Crippen molar-refractivity contribution in [3.63, 3.8) is 0 Å². The molecule has 1 aliphatic heterocycles. The molecule has 32 heavy (non-hydrogen) atoms. The van der Waals surface area contributed by atoms with Crippen LogP contribution in [-0.2, 0) is 6.54 Å². The van der Waals surface area contributed by atoms with Crippen molar-refractivity contribution in [2.45, 2.75) is 6.54 Å². The normalized spacial score (nSPS) is 14.4. The number of piperazine rings is 1. The van der Waals surface area contributed by atoms with Gasteiger partial charge in [0, 0.05) is 44.9 Å². The Hall–Kier alpha value is -3.98. The number of rotatable bonds is 6. The van der Waals surface area contributed by atoms with Crippen LogP contribution in [0.15, 0.2) is 71.6 Å². The summed E-state index contributed by atoms with van der Waals surface area (Å²) in [5, 5.41) is 9.67.